The van der Waals surface area contributed by atoms with Crippen molar-refractivity contribution in [2.24, 2.45) is 0 Å². The number of hydrogen-bond acceptors (Lipinski definition) is 3. The number of aryl methyl sites for hydroxylation is 1. The van der Waals surface area contributed by atoms with Crippen molar-refractivity contribution >= 4 is 16.9 Å². The molecule has 2 heterocycles. The monoisotopic (exact) mass is 389 g/mol. The fourth-order valence-corrected chi connectivity index (χ4v) is 3.15. The second-order valence-electron chi connectivity index (χ2n) is 6.77. The molecule has 146 valence electrons. The van der Waals surface area contributed by atoms with E-state index in [0.717, 1.165) is 27.9 Å². The van der Waals surface area contributed by atoms with Gasteiger partial charge in [-0.25, -0.2) is 9.37 Å². The van der Waals surface area contributed by atoms with Crippen LogP contribution in [0, 0.1) is 12.7 Å². The summed E-state index contributed by atoms with van der Waals surface area (Å²) in [5, 5.41) is 2.51. The van der Waals surface area contributed by atoms with Crippen LogP contribution in [0.4, 0.5) is 4.39 Å². The first-order valence-corrected chi connectivity index (χ1v) is 9.23. The molecule has 29 heavy (non-hydrogen) atoms. The largest absolute Gasteiger partial charge is 0.484 e. The highest BCUT2D eigenvalue weighted by Gasteiger charge is 2.11. The van der Waals surface area contributed by atoms with Crippen molar-refractivity contribution in [2.45, 2.75) is 6.92 Å². The van der Waals surface area contributed by atoms with Gasteiger partial charge in [-0.05, 0) is 36.2 Å². The standard InChI is InChI=1S/C23H20FN3O2/c1-14-11-20-21(26-14)12-19(24)23(27-20)17-5-3-15(4-6-17)16-7-9-18(10-8-16)29-13-22(28)25-2/h3-12,26H,13H2,1-2H3,(H,25,28). The Morgan fingerprint density at radius 3 is 2.31 bits per heavy atom. The van der Waals surface area contributed by atoms with Crippen LogP contribution in [0.1, 0.15) is 5.69 Å². The van der Waals surface area contributed by atoms with Gasteiger partial charge in [0.2, 0.25) is 0 Å². The van der Waals surface area contributed by atoms with Crippen molar-refractivity contribution < 1.29 is 13.9 Å². The fraction of sp³-hybridized carbons (Fsp3) is 0.130. The van der Waals surface area contributed by atoms with Crippen molar-refractivity contribution in [3.8, 4) is 28.1 Å². The maximum absolute atomic E-state index is 14.5. The Hall–Kier alpha value is -3.67. The van der Waals surface area contributed by atoms with Gasteiger partial charge in [0, 0.05) is 24.4 Å². The number of nitrogens with zero attached hydrogens (tertiary/aromatic N) is 1. The van der Waals surface area contributed by atoms with Crippen LogP contribution in [0.3, 0.4) is 0 Å². The second-order valence-corrected chi connectivity index (χ2v) is 6.77. The van der Waals surface area contributed by atoms with E-state index in [9.17, 15) is 9.18 Å². The van der Waals surface area contributed by atoms with Crippen LogP contribution >= 0.6 is 0 Å². The maximum atomic E-state index is 14.5. The lowest BCUT2D eigenvalue weighted by atomic mass is 10.0. The molecule has 1 amide bonds. The number of aromatic amines is 1. The lowest BCUT2D eigenvalue weighted by molar-refractivity contribution is -0.122. The number of rotatable bonds is 5. The molecular formula is C23H20FN3O2. The minimum Gasteiger partial charge on any atom is -0.484 e. The first-order valence-electron chi connectivity index (χ1n) is 9.23. The Bertz CT molecular complexity index is 1170. The zero-order valence-corrected chi connectivity index (χ0v) is 16.1. The Morgan fingerprint density at radius 2 is 1.66 bits per heavy atom. The van der Waals surface area contributed by atoms with Crippen molar-refractivity contribution in [3.63, 3.8) is 0 Å². The number of fused-ring (bicyclic) bond motifs is 1. The minimum absolute atomic E-state index is 0.0197. The van der Waals surface area contributed by atoms with E-state index in [2.05, 4.69) is 15.3 Å². The van der Waals surface area contributed by atoms with Crippen LogP contribution in [-0.4, -0.2) is 29.5 Å². The van der Waals surface area contributed by atoms with Gasteiger partial charge in [0.1, 0.15) is 11.4 Å². The maximum Gasteiger partial charge on any atom is 0.257 e. The molecular weight excluding hydrogens is 369 g/mol. The zero-order valence-electron chi connectivity index (χ0n) is 16.1. The number of pyridine rings is 1. The SMILES string of the molecule is CNC(=O)COc1ccc(-c2ccc(-c3nc4cc(C)[nH]c4cc3F)cc2)cc1. The molecule has 0 unspecified atom stereocenters. The van der Waals surface area contributed by atoms with E-state index < -0.39 is 0 Å². The van der Waals surface area contributed by atoms with Gasteiger partial charge in [-0.1, -0.05) is 36.4 Å². The van der Waals surface area contributed by atoms with Gasteiger partial charge in [0.15, 0.2) is 12.4 Å². The summed E-state index contributed by atoms with van der Waals surface area (Å²) in [6.45, 7) is 1.90. The number of likely N-dealkylation sites (N-methyl/N-ethyl adjacent to an activating group) is 1. The molecule has 0 aliphatic heterocycles. The van der Waals surface area contributed by atoms with E-state index in [0.29, 0.717) is 17.0 Å². The molecule has 2 N–H and O–H groups in total. The average molecular weight is 389 g/mol. The molecule has 0 atom stereocenters. The molecule has 0 aliphatic carbocycles. The number of H-pyrrole nitrogens is 1. The molecule has 6 heteroatoms. The number of hydrogen-bond donors (Lipinski definition) is 2. The molecule has 0 fully saturated rings. The molecule has 0 aliphatic rings. The summed E-state index contributed by atoms with van der Waals surface area (Å²) in [6.07, 6.45) is 0. The zero-order chi connectivity index (χ0) is 20.4. The third-order valence-electron chi connectivity index (χ3n) is 4.69. The lowest BCUT2D eigenvalue weighted by Crippen LogP contribution is -2.24. The van der Waals surface area contributed by atoms with E-state index in [1.54, 1.807) is 7.05 Å². The molecule has 2 aromatic carbocycles. The van der Waals surface area contributed by atoms with Gasteiger partial charge < -0.3 is 15.0 Å². The number of carbonyl (C=O) groups excluding carboxylic acids is 1. The topological polar surface area (TPSA) is 67.0 Å². The Kier molecular flexibility index (Phi) is 4.99. The Morgan fingerprint density at radius 1 is 1.03 bits per heavy atom. The molecule has 0 spiro atoms. The molecule has 0 saturated heterocycles. The van der Waals surface area contributed by atoms with Crippen LogP contribution in [-0.2, 0) is 4.79 Å². The van der Waals surface area contributed by atoms with E-state index >= 15 is 0 Å². The van der Waals surface area contributed by atoms with Crippen molar-refractivity contribution in [2.75, 3.05) is 13.7 Å². The van der Waals surface area contributed by atoms with E-state index in [1.807, 2.05) is 61.5 Å². The van der Waals surface area contributed by atoms with Gasteiger partial charge in [-0.3, -0.25) is 4.79 Å². The summed E-state index contributed by atoms with van der Waals surface area (Å²) >= 11 is 0. The number of halogens is 1. The predicted molar refractivity (Wildman–Crippen MR) is 111 cm³/mol. The third-order valence-corrected chi connectivity index (χ3v) is 4.69. The first kappa shape index (κ1) is 18.7. The highest BCUT2D eigenvalue weighted by atomic mass is 19.1. The first-order chi connectivity index (χ1) is 14.0. The van der Waals surface area contributed by atoms with Gasteiger partial charge in [0.25, 0.3) is 5.91 Å². The molecule has 0 saturated carbocycles. The number of carbonyl (C=O) groups is 1. The number of ether oxygens (including phenoxy) is 1. The van der Waals surface area contributed by atoms with Crippen LogP contribution in [0.25, 0.3) is 33.4 Å². The highest BCUT2D eigenvalue weighted by Crippen LogP contribution is 2.28. The van der Waals surface area contributed by atoms with Crippen LogP contribution in [0.2, 0.25) is 0 Å². The van der Waals surface area contributed by atoms with E-state index in [4.69, 9.17) is 4.74 Å². The summed E-state index contributed by atoms with van der Waals surface area (Å²) in [7, 11) is 1.57. The third kappa shape index (κ3) is 3.96. The minimum atomic E-state index is -0.357. The summed E-state index contributed by atoms with van der Waals surface area (Å²) < 4.78 is 19.9. The van der Waals surface area contributed by atoms with Crippen molar-refractivity contribution in [1.29, 1.82) is 0 Å². The summed E-state index contributed by atoms with van der Waals surface area (Å²) in [5.41, 5.74) is 5.43. The highest BCUT2D eigenvalue weighted by molar-refractivity contribution is 5.80. The number of nitrogens with one attached hydrogen (secondary N) is 2. The normalized spacial score (nSPS) is 10.9. The number of amides is 1. The molecule has 0 bridgehead atoms. The van der Waals surface area contributed by atoms with Crippen LogP contribution < -0.4 is 10.1 Å². The van der Waals surface area contributed by atoms with Crippen LogP contribution in [0.5, 0.6) is 5.75 Å². The van der Waals surface area contributed by atoms with E-state index in [-0.39, 0.29) is 18.3 Å². The smallest absolute Gasteiger partial charge is 0.257 e. The van der Waals surface area contributed by atoms with Gasteiger partial charge in [-0.2, -0.15) is 0 Å². The summed E-state index contributed by atoms with van der Waals surface area (Å²) in [5.74, 6) is 0.0820. The second kappa shape index (κ2) is 7.75. The molecule has 5 nitrogen and oxygen atoms in total. The van der Waals surface area contributed by atoms with Gasteiger partial charge in [0.05, 0.1) is 11.0 Å². The Balaban J connectivity index is 1.55. The summed E-state index contributed by atoms with van der Waals surface area (Å²) in [4.78, 5) is 18.8. The number of aromatic nitrogens is 2. The Labute approximate surface area is 167 Å². The lowest BCUT2D eigenvalue weighted by Gasteiger charge is -2.08. The quantitative estimate of drug-likeness (QED) is 0.529. The van der Waals surface area contributed by atoms with Crippen molar-refractivity contribution in [3.05, 3.63) is 72.2 Å². The van der Waals surface area contributed by atoms with Gasteiger partial charge in [-0.15, -0.1) is 0 Å². The average Bonchev–Trinajstić information content (AvgIpc) is 3.10. The van der Waals surface area contributed by atoms with Gasteiger partial charge >= 0.3 is 0 Å². The molecule has 4 rings (SSSR count). The fourth-order valence-electron chi connectivity index (χ4n) is 3.15. The molecule has 4 aromatic rings. The number of benzene rings is 2. The van der Waals surface area contributed by atoms with Crippen molar-refractivity contribution in [1.82, 2.24) is 15.3 Å². The van der Waals surface area contributed by atoms with Crippen LogP contribution in [0.15, 0.2) is 60.7 Å². The molecule has 2 aromatic heterocycles. The molecule has 0 radical (unpaired) electrons. The van der Waals surface area contributed by atoms with E-state index in [1.165, 1.54) is 6.07 Å². The summed E-state index contributed by atoms with van der Waals surface area (Å²) in [6, 6.07) is 18.4. The predicted octanol–water partition coefficient (Wildman–Crippen LogP) is 4.47.